The molecule has 2 aromatic carbocycles. The van der Waals surface area contributed by atoms with Gasteiger partial charge in [-0.15, -0.1) is 11.3 Å². The highest BCUT2D eigenvalue weighted by atomic mass is 32.2. The summed E-state index contributed by atoms with van der Waals surface area (Å²) in [5.41, 5.74) is 1.99. The lowest BCUT2D eigenvalue weighted by Gasteiger charge is -2.28. The van der Waals surface area contributed by atoms with Gasteiger partial charge in [0.1, 0.15) is 5.75 Å². The second kappa shape index (κ2) is 8.67. The van der Waals surface area contributed by atoms with Gasteiger partial charge in [0.15, 0.2) is 23.2 Å². The predicted octanol–water partition coefficient (Wildman–Crippen LogP) is 3.37. The number of aromatic nitrogens is 1. The maximum absolute atomic E-state index is 12.8. The average molecular weight is 476 g/mol. The predicted molar refractivity (Wildman–Crippen MR) is 121 cm³/mol. The van der Waals surface area contributed by atoms with E-state index in [9.17, 15) is 13.2 Å². The molecule has 0 fully saturated rings. The molecule has 32 heavy (non-hydrogen) atoms. The van der Waals surface area contributed by atoms with E-state index >= 15 is 0 Å². The van der Waals surface area contributed by atoms with E-state index in [1.807, 2.05) is 19.1 Å². The van der Waals surface area contributed by atoms with E-state index in [1.165, 1.54) is 32.4 Å². The van der Waals surface area contributed by atoms with Crippen LogP contribution in [0.15, 0.2) is 46.7 Å². The molecule has 0 spiro atoms. The van der Waals surface area contributed by atoms with Crippen LogP contribution in [-0.2, 0) is 14.8 Å². The van der Waals surface area contributed by atoms with E-state index in [2.05, 4.69) is 9.71 Å². The van der Waals surface area contributed by atoms with Gasteiger partial charge in [0.25, 0.3) is 15.9 Å². The van der Waals surface area contributed by atoms with E-state index < -0.39 is 10.0 Å². The number of nitrogens with one attached hydrogen (secondary N) is 1. The number of benzene rings is 2. The standard InChI is InChI=1S/C21H21N3O6S2/c1-4-24-16-9-13(5-7-17(16)30-11-20(24)25)15-12-31-21(22-15)23-32(26,27)14-6-8-18(28-2)19(10-14)29-3/h5-10,12H,4,11H2,1-3H3,(H,22,23). The average Bonchev–Trinajstić information content (AvgIpc) is 3.25. The van der Waals surface area contributed by atoms with E-state index in [0.717, 1.165) is 16.9 Å². The highest BCUT2D eigenvalue weighted by Gasteiger charge is 2.25. The maximum Gasteiger partial charge on any atom is 0.265 e. The molecule has 9 nitrogen and oxygen atoms in total. The molecule has 4 rings (SSSR count). The zero-order chi connectivity index (χ0) is 22.9. The third-order valence-electron chi connectivity index (χ3n) is 4.91. The van der Waals surface area contributed by atoms with Crippen molar-refractivity contribution in [2.45, 2.75) is 11.8 Å². The van der Waals surface area contributed by atoms with Crippen LogP contribution in [0.25, 0.3) is 11.3 Å². The summed E-state index contributed by atoms with van der Waals surface area (Å²) in [4.78, 5) is 18.2. The monoisotopic (exact) mass is 475 g/mol. The Morgan fingerprint density at radius 3 is 2.66 bits per heavy atom. The highest BCUT2D eigenvalue weighted by molar-refractivity contribution is 7.93. The smallest absolute Gasteiger partial charge is 0.265 e. The maximum atomic E-state index is 12.8. The summed E-state index contributed by atoms with van der Waals surface area (Å²) in [5.74, 6) is 1.25. The van der Waals surface area contributed by atoms with Crippen LogP contribution in [-0.4, -0.2) is 46.7 Å². The van der Waals surface area contributed by atoms with Crippen LogP contribution in [0.2, 0.25) is 0 Å². The minimum Gasteiger partial charge on any atom is -0.493 e. The van der Waals surface area contributed by atoms with Crippen LogP contribution < -0.4 is 23.8 Å². The molecule has 2 heterocycles. The van der Waals surface area contributed by atoms with Crippen LogP contribution in [0.5, 0.6) is 17.2 Å². The number of anilines is 2. The molecule has 0 aliphatic carbocycles. The van der Waals surface area contributed by atoms with Crippen molar-refractivity contribution < 1.29 is 27.4 Å². The van der Waals surface area contributed by atoms with Crippen molar-refractivity contribution in [1.29, 1.82) is 0 Å². The number of carbonyl (C=O) groups is 1. The Bertz CT molecular complexity index is 1270. The third-order valence-corrected chi connectivity index (χ3v) is 7.13. The van der Waals surface area contributed by atoms with Gasteiger partial charge in [-0.2, -0.15) is 0 Å². The molecule has 0 bridgehead atoms. The van der Waals surface area contributed by atoms with Crippen molar-refractivity contribution in [2.24, 2.45) is 0 Å². The molecule has 1 aromatic heterocycles. The largest absolute Gasteiger partial charge is 0.493 e. The number of nitrogens with zero attached hydrogens (tertiary/aromatic N) is 2. The van der Waals surface area contributed by atoms with Crippen molar-refractivity contribution in [2.75, 3.05) is 37.0 Å². The number of fused-ring (bicyclic) bond motifs is 1. The number of likely N-dealkylation sites (N-methyl/N-ethyl adjacent to an activating group) is 1. The molecule has 0 radical (unpaired) electrons. The van der Waals surface area contributed by atoms with Crippen molar-refractivity contribution in [3.63, 3.8) is 0 Å². The first-order valence-corrected chi connectivity index (χ1v) is 12.0. The van der Waals surface area contributed by atoms with Crippen LogP contribution in [0.4, 0.5) is 10.8 Å². The van der Waals surface area contributed by atoms with Crippen molar-refractivity contribution in [3.05, 3.63) is 41.8 Å². The summed E-state index contributed by atoms with van der Waals surface area (Å²) in [7, 11) is -0.972. The van der Waals surface area contributed by atoms with Gasteiger partial charge in [-0.3, -0.25) is 9.52 Å². The minimum atomic E-state index is -3.88. The molecule has 0 saturated heterocycles. The number of amides is 1. The first kappa shape index (κ1) is 21.9. The molecule has 0 saturated carbocycles. The Balaban J connectivity index is 1.60. The second-order valence-electron chi connectivity index (χ2n) is 6.77. The van der Waals surface area contributed by atoms with Crippen LogP contribution in [0.1, 0.15) is 6.92 Å². The highest BCUT2D eigenvalue weighted by Crippen LogP contribution is 2.37. The molecule has 3 aromatic rings. The topological polar surface area (TPSA) is 107 Å². The molecule has 0 atom stereocenters. The van der Waals surface area contributed by atoms with Gasteiger partial charge in [-0.1, -0.05) is 0 Å². The number of carbonyl (C=O) groups excluding carboxylic acids is 1. The van der Waals surface area contributed by atoms with Gasteiger partial charge in [0, 0.05) is 23.6 Å². The molecule has 1 N–H and O–H groups in total. The number of hydrogen-bond donors (Lipinski definition) is 1. The van der Waals surface area contributed by atoms with Crippen molar-refractivity contribution in [3.8, 4) is 28.5 Å². The van der Waals surface area contributed by atoms with Gasteiger partial charge >= 0.3 is 0 Å². The summed E-state index contributed by atoms with van der Waals surface area (Å²) in [6, 6.07) is 9.76. The van der Waals surface area contributed by atoms with Crippen molar-refractivity contribution >= 4 is 38.1 Å². The molecule has 1 aliphatic heterocycles. The lowest BCUT2D eigenvalue weighted by molar-refractivity contribution is -0.121. The Labute approximate surface area is 189 Å². The number of rotatable bonds is 7. The number of methoxy groups -OCH3 is 2. The molecule has 11 heteroatoms. The fraction of sp³-hybridized carbons (Fsp3) is 0.238. The van der Waals surface area contributed by atoms with Gasteiger partial charge in [-0.25, -0.2) is 13.4 Å². The second-order valence-corrected chi connectivity index (χ2v) is 9.31. The molecule has 168 valence electrons. The Morgan fingerprint density at radius 2 is 1.94 bits per heavy atom. The third kappa shape index (κ3) is 4.08. The van der Waals surface area contributed by atoms with Gasteiger partial charge in [0.05, 0.1) is 30.5 Å². The summed E-state index contributed by atoms with van der Waals surface area (Å²) in [6.07, 6.45) is 0. The number of thiazole rings is 1. The fourth-order valence-electron chi connectivity index (χ4n) is 3.32. The summed E-state index contributed by atoms with van der Waals surface area (Å²) in [5, 5.41) is 1.96. The van der Waals surface area contributed by atoms with Gasteiger partial charge < -0.3 is 19.1 Å². The Hall–Kier alpha value is -3.31. The minimum absolute atomic E-state index is 0.0129. The Kier molecular flexibility index (Phi) is 5.94. The zero-order valence-corrected chi connectivity index (χ0v) is 19.2. The van der Waals surface area contributed by atoms with Crippen LogP contribution in [0, 0.1) is 0 Å². The quantitative estimate of drug-likeness (QED) is 0.558. The summed E-state index contributed by atoms with van der Waals surface area (Å²) < 4.78 is 44.0. The fourth-order valence-corrected chi connectivity index (χ4v) is 5.31. The van der Waals surface area contributed by atoms with Gasteiger partial charge in [-0.05, 0) is 37.3 Å². The van der Waals surface area contributed by atoms with Gasteiger partial charge in [0.2, 0.25) is 0 Å². The normalized spacial score (nSPS) is 13.3. The van der Waals surface area contributed by atoms with E-state index in [-0.39, 0.29) is 22.5 Å². The Morgan fingerprint density at radius 1 is 1.16 bits per heavy atom. The number of sulfonamides is 1. The lowest BCUT2D eigenvalue weighted by atomic mass is 10.1. The van der Waals surface area contributed by atoms with E-state index in [1.54, 1.807) is 16.3 Å². The molecule has 1 aliphatic rings. The lowest BCUT2D eigenvalue weighted by Crippen LogP contribution is -2.38. The number of hydrogen-bond acceptors (Lipinski definition) is 8. The zero-order valence-electron chi connectivity index (χ0n) is 17.6. The number of ether oxygens (including phenoxy) is 3. The first-order valence-electron chi connectivity index (χ1n) is 9.64. The SMILES string of the molecule is CCN1C(=O)COc2ccc(-c3csc(NS(=O)(=O)c4ccc(OC)c(OC)c4)n3)cc21. The van der Waals surface area contributed by atoms with Crippen molar-refractivity contribution in [1.82, 2.24) is 4.98 Å². The van der Waals surface area contributed by atoms with E-state index in [0.29, 0.717) is 35.2 Å². The van der Waals surface area contributed by atoms with E-state index in [4.69, 9.17) is 14.2 Å². The molecule has 0 unspecified atom stereocenters. The first-order chi connectivity index (χ1) is 15.4. The molecular weight excluding hydrogens is 454 g/mol. The summed E-state index contributed by atoms with van der Waals surface area (Å²) in [6.45, 7) is 2.43. The van der Waals surface area contributed by atoms with Crippen LogP contribution >= 0.6 is 11.3 Å². The summed E-state index contributed by atoms with van der Waals surface area (Å²) >= 11 is 1.16. The van der Waals surface area contributed by atoms with Crippen LogP contribution in [0.3, 0.4) is 0 Å². The molecular formula is C21H21N3O6S2. The molecule has 1 amide bonds.